The summed E-state index contributed by atoms with van der Waals surface area (Å²) in [6, 6.07) is 19.6. The van der Waals surface area contributed by atoms with E-state index in [1.165, 1.54) is 29.1 Å². The molecule has 0 spiro atoms. The topological polar surface area (TPSA) is 129 Å². The quantitative estimate of drug-likeness (QED) is 0.231. The Labute approximate surface area is 252 Å². The van der Waals surface area contributed by atoms with Gasteiger partial charge in [0.05, 0.1) is 25.6 Å². The second-order valence-corrected chi connectivity index (χ2v) is 11.1. The summed E-state index contributed by atoms with van der Waals surface area (Å²) in [6.45, 7) is 1.45. The monoisotopic (exact) mass is 612 g/mol. The minimum Gasteiger partial charge on any atom is -0.497 e. The summed E-state index contributed by atoms with van der Waals surface area (Å²) in [6.07, 6.45) is 0.650. The number of benzene rings is 3. The lowest BCUT2D eigenvalue weighted by Crippen LogP contribution is -2.41. The largest absolute Gasteiger partial charge is 0.497 e. The fraction of sp³-hybridized carbons (Fsp3) is 0.156. The molecule has 222 valence electrons. The molecule has 1 N–H and O–H groups in total. The number of halogens is 1. The molecular formula is C32H25FN4O6S. The third-order valence-electron chi connectivity index (χ3n) is 7.30. The number of methoxy groups -OCH3 is 1. The van der Waals surface area contributed by atoms with Crippen LogP contribution in [0.4, 0.5) is 4.39 Å². The van der Waals surface area contributed by atoms with Crippen molar-refractivity contribution in [2.45, 2.75) is 26.4 Å². The van der Waals surface area contributed by atoms with Crippen molar-refractivity contribution in [2.24, 2.45) is 0 Å². The van der Waals surface area contributed by atoms with Crippen LogP contribution in [0.25, 0.3) is 32.7 Å². The maximum atomic E-state index is 15.7. The first kappa shape index (κ1) is 28.7. The zero-order valence-corrected chi connectivity index (χ0v) is 24.4. The molecule has 0 saturated heterocycles. The molecule has 6 aromatic rings. The maximum Gasteiger partial charge on any atom is 0.439 e. The van der Waals surface area contributed by atoms with E-state index in [1.807, 2.05) is 6.92 Å². The molecule has 3 heterocycles. The van der Waals surface area contributed by atoms with Gasteiger partial charge in [0.1, 0.15) is 16.4 Å². The summed E-state index contributed by atoms with van der Waals surface area (Å²) < 4.78 is 27.8. The number of nitrogens with one attached hydrogen (secondary N) is 1. The van der Waals surface area contributed by atoms with E-state index in [1.54, 1.807) is 66.7 Å². The first-order valence-electron chi connectivity index (χ1n) is 13.6. The van der Waals surface area contributed by atoms with Gasteiger partial charge in [-0.1, -0.05) is 48.5 Å². The first-order chi connectivity index (χ1) is 21.3. The van der Waals surface area contributed by atoms with Crippen LogP contribution in [0.1, 0.15) is 27.7 Å². The van der Waals surface area contributed by atoms with Crippen molar-refractivity contribution in [2.75, 3.05) is 7.11 Å². The van der Waals surface area contributed by atoms with E-state index in [-0.39, 0.29) is 17.9 Å². The van der Waals surface area contributed by atoms with Crippen molar-refractivity contribution in [3.63, 3.8) is 0 Å². The third-order valence-corrected chi connectivity index (χ3v) is 8.60. The van der Waals surface area contributed by atoms with Gasteiger partial charge >= 0.3 is 11.4 Å². The summed E-state index contributed by atoms with van der Waals surface area (Å²) in [7, 11) is 1.51. The summed E-state index contributed by atoms with van der Waals surface area (Å²) in [5.74, 6) is -0.962. The van der Waals surface area contributed by atoms with Gasteiger partial charge in [-0.05, 0) is 53.9 Å². The molecule has 3 aromatic carbocycles. The van der Waals surface area contributed by atoms with Gasteiger partial charge in [-0.15, -0.1) is 11.3 Å². The van der Waals surface area contributed by atoms with Gasteiger partial charge in [0.25, 0.3) is 5.56 Å². The molecule has 0 unspecified atom stereocenters. The number of thiophene rings is 1. The Morgan fingerprint density at radius 3 is 2.39 bits per heavy atom. The minimum absolute atomic E-state index is 0.0363. The van der Waals surface area contributed by atoms with Gasteiger partial charge in [0.2, 0.25) is 0 Å². The molecule has 0 aliphatic heterocycles. The van der Waals surface area contributed by atoms with Crippen molar-refractivity contribution in [1.29, 1.82) is 0 Å². The number of fused-ring (bicyclic) bond motifs is 1. The number of ether oxygens (including phenoxy) is 1. The molecular weight excluding hydrogens is 587 g/mol. The smallest absolute Gasteiger partial charge is 0.439 e. The number of hydrogen-bond acceptors (Lipinski definition) is 8. The number of hydrogen-bond donors (Lipinski definition) is 1. The number of carbonyl (C=O) groups excluding carboxylic acids is 1. The van der Waals surface area contributed by atoms with E-state index in [9.17, 15) is 19.2 Å². The molecule has 6 rings (SSSR count). The van der Waals surface area contributed by atoms with Crippen LogP contribution < -0.4 is 21.7 Å². The zero-order chi connectivity index (χ0) is 31.0. The van der Waals surface area contributed by atoms with Gasteiger partial charge in [-0.2, -0.15) is 0 Å². The Kier molecular flexibility index (Phi) is 7.66. The Morgan fingerprint density at radius 2 is 1.73 bits per heavy atom. The van der Waals surface area contributed by atoms with Crippen molar-refractivity contribution in [3.8, 4) is 28.3 Å². The molecule has 44 heavy (non-hydrogen) atoms. The highest BCUT2D eigenvalue weighted by atomic mass is 32.1. The summed E-state index contributed by atoms with van der Waals surface area (Å²) >= 11 is 1.32. The van der Waals surface area contributed by atoms with Crippen LogP contribution in [-0.4, -0.2) is 32.2 Å². The summed E-state index contributed by atoms with van der Waals surface area (Å²) in [5.41, 5.74) is 0.794. The minimum atomic E-state index is -0.728. The van der Waals surface area contributed by atoms with Crippen molar-refractivity contribution < 1.29 is 18.4 Å². The maximum absolute atomic E-state index is 15.7. The highest BCUT2D eigenvalue weighted by Crippen LogP contribution is 2.32. The number of nitrogens with zero attached hydrogens (tertiary/aromatic N) is 3. The average Bonchev–Trinajstić information content (AvgIpc) is 3.68. The molecule has 0 aliphatic rings. The van der Waals surface area contributed by atoms with E-state index < -0.39 is 35.2 Å². The van der Waals surface area contributed by atoms with E-state index >= 15 is 4.39 Å². The number of aryl methyl sites for hydroxylation is 1. The standard InChI is InChI=1S/C32H25FN4O6S/c1-3-21-15-25-29(39)36(17-27(38)19-9-11-20(42-2)12-10-19)32(41)37(30(25)44-21)16-18-8-13-23(26(33)14-18)22-6-4-5-7-24(22)28-34-31(40)43-35-28/h4-15H,3,16-17H2,1-2H3,(H,34,35,40). The molecule has 0 bridgehead atoms. The lowest BCUT2D eigenvalue weighted by molar-refractivity contribution is 0.0969. The van der Waals surface area contributed by atoms with E-state index in [4.69, 9.17) is 4.74 Å². The van der Waals surface area contributed by atoms with E-state index in [0.717, 1.165) is 9.44 Å². The lowest BCUT2D eigenvalue weighted by Gasteiger charge is -2.13. The Morgan fingerprint density at radius 1 is 0.977 bits per heavy atom. The van der Waals surface area contributed by atoms with E-state index in [0.29, 0.717) is 44.6 Å². The normalized spacial score (nSPS) is 11.2. The van der Waals surface area contributed by atoms with Crippen molar-refractivity contribution in [3.05, 3.63) is 126 Å². The first-order valence-corrected chi connectivity index (χ1v) is 14.5. The molecule has 10 nitrogen and oxygen atoms in total. The van der Waals surface area contributed by atoms with Crippen LogP contribution in [0, 0.1) is 5.82 Å². The molecule has 3 aromatic heterocycles. The Balaban J connectivity index is 1.39. The SMILES string of the molecule is CCc1cc2c(=O)n(CC(=O)c3ccc(OC)cc3)c(=O)n(Cc3ccc(-c4ccccc4-c4noc(=O)[nH]4)c(F)c3)c2s1. The highest BCUT2D eigenvalue weighted by Gasteiger charge is 2.20. The van der Waals surface area contributed by atoms with Crippen molar-refractivity contribution in [1.82, 2.24) is 19.3 Å². The van der Waals surface area contributed by atoms with Gasteiger partial charge in [-0.3, -0.25) is 28.2 Å². The summed E-state index contributed by atoms with van der Waals surface area (Å²) in [4.78, 5) is 55.7. The number of H-pyrrole nitrogens is 1. The van der Waals surface area contributed by atoms with Crippen LogP contribution in [0.15, 0.2) is 91.7 Å². The fourth-order valence-electron chi connectivity index (χ4n) is 5.04. The predicted molar refractivity (Wildman–Crippen MR) is 164 cm³/mol. The lowest BCUT2D eigenvalue weighted by atomic mass is 9.97. The fourth-order valence-corrected chi connectivity index (χ4v) is 6.12. The second kappa shape index (κ2) is 11.7. The molecule has 0 fully saturated rings. The van der Waals surface area contributed by atoms with Gasteiger partial charge < -0.3 is 4.74 Å². The molecule has 0 amide bonds. The number of carbonyl (C=O) groups is 1. The number of aromatic nitrogens is 4. The number of rotatable bonds is 9. The Hall–Kier alpha value is -5.36. The van der Waals surface area contributed by atoms with Crippen LogP contribution in [0.5, 0.6) is 5.75 Å². The molecule has 0 saturated carbocycles. The number of ketones is 1. The zero-order valence-electron chi connectivity index (χ0n) is 23.6. The number of Topliss-reactive ketones (excluding diaryl/α,β-unsaturated/α-hetero) is 1. The average molecular weight is 613 g/mol. The van der Waals surface area contributed by atoms with Gasteiger partial charge in [0.15, 0.2) is 11.6 Å². The highest BCUT2D eigenvalue weighted by molar-refractivity contribution is 7.18. The van der Waals surface area contributed by atoms with Gasteiger partial charge in [0, 0.05) is 21.6 Å². The van der Waals surface area contributed by atoms with E-state index in [2.05, 4.69) is 14.7 Å². The van der Waals surface area contributed by atoms with Crippen LogP contribution in [-0.2, 0) is 19.5 Å². The summed E-state index contributed by atoms with van der Waals surface area (Å²) in [5, 5.41) is 4.05. The number of aromatic amines is 1. The molecule has 0 aliphatic carbocycles. The van der Waals surface area contributed by atoms with Crippen LogP contribution in [0.3, 0.4) is 0 Å². The van der Waals surface area contributed by atoms with Crippen LogP contribution >= 0.6 is 11.3 Å². The van der Waals surface area contributed by atoms with Gasteiger partial charge in [-0.25, -0.2) is 14.0 Å². The molecule has 12 heteroatoms. The Bertz CT molecular complexity index is 2210. The predicted octanol–water partition coefficient (Wildman–Crippen LogP) is 4.88. The van der Waals surface area contributed by atoms with Crippen molar-refractivity contribution >= 4 is 27.3 Å². The van der Waals surface area contributed by atoms with Crippen LogP contribution in [0.2, 0.25) is 0 Å². The third kappa shape index (κ3) is 5.31. The molecule has 0 radical (unpaired) electrons. The second-order valence-electron chi connectivity index (χ2n) is 10.0. The molecule has 0 atom stereocenters.